The number of hydrogen-bond donors (Lipinski definition) is 1. The zero-order valence-corrected chi connectivity index (χ0v) is 16.6. The Bertz CT molecular complexity index is 543. The van der Waals surface area contributed by atoms with Gasteiger partial charge in [0.1, 0.15) is 0 Å². The van der Waals surface area contributed by atoms with E-state index in [1.165, 1.54) is 5.56 Å². The van der Waals surface area contributed by atoms with Gasteiger partial charge >= 0.3 is 0 Å². The molecule has 2 aliphatic rings. The van der Waals surface area contributed by atoms with Crippen molar-refractivity contribution < 1.29 is 9.53 Å². The lowest BCUT2D eigenvalue weighted by Gasteiger charge is -2.35. The monoisotopic (exact) mass is 401 g/mol. The van der Waals surface area contributed by atoms with Gasteiger partial charge in [0.05, 0.1) is 13.2 Å². The summed E-state index contributed by atoms with van der Waals surface area (Å²) in [4.78, 5) is 16.8. The smallest absolute Gasteiger partial charge is 0.224 e. The molecule has 0 radical (unpaired) electrons. The molecular formula is C19H29Cl2N3O2. The lowest BCUT2D eigenvalue weighted by atomic mass is 10.1. The fourth-order valence-corrected chi connectivity index (χ4v) is 3.17. The van der Waals surface area contributed by atoms with Crippen LogP contribution in [0.4, 0.5) is 0 Å². The highest BCUT2D eigenvalue weighted by atomic mass is 35.5. The number of hydrogen-bond acceptors (Lipinski definition) is 4. The molecule has 2 heterocycles. The first kappa shape index (κ1) is 22.9. The number of nitrogens with zero attached hydrogens (tertiary/aromatic N) is 2. The Kier molecular flexibility index (Phi) is 10.9. The Hall–Kier alpha value is -1.11. The topological polar surface area (TPSA) is 44.8 Å². The maximum absolute atomic E-state index is 12.4. The molecule has 0 bridgehead atoms. The average Bonchev–Trinajstić information content (AvgIpc) is 2.64. The molecule has 0 spiro atoms. The lowest BCUT2D eigenvalue weighted by Crippen LogP contribution is -2.51. The van der Waals surface area contributed by atoms with Crippen LogP contribution >= 0.6 is 24.8 Å². The molecular weight excluding hydrogens is 373 g/mol. The number of morpholine rings is 1. The van der Waals surface area contributed by atoms with E-state index in [-0.39, 0.29) is 36.8 Å². The summed E-state index contributed by atoms with van der Waals surface area (Å²) in [5.41, 5.74) is 1.23. The summed E-state index contributed by atoms with van der Waals surface area (Å²) in [7, 11) is 0. The minimum Gasteiger partial charge on any atom is -0.378 e. The van der Waals surface area contributed by atoms with E-state index in [4.69, 9.17) is 4.74 Å². The second-order valence-corrected chi connectivity index (χ2v) is 6.42. The molecule has 26 heavy (non-hydrogen) atoms. The van der Waals surface area contributed by atoms with E-state index < -0.39 is 0 Å². The molecule has 1 amide bonds. The number of benzene rings is 1. The maximum Gasteiger partial charge on any atom is 0.224 e. The maximum atomic E-state index is 12.4. The number of piperazine rings is 1. The zero-order chi connectivity index (χ0) is 16.6. The molecule has 2 saturated heterocycles. The molecule has 0 aromatic heterocycles. The third kappa shape index (κ3) is 7.25. The van der Waals surface area contributed by atoms with Crippen LogP contribution < -0.4 is 5.32 Å². The quantitative estimate of drug-likeness (QED) is 0.819. The van der Waals surface area contributed by atoms with E-state index in [9.17, 15) is 4.79 Å². The molecule has 5 nitrogen and oxygen atoms in total. The molecule has 2 fully saturated rings. The molecule has 1 aromatic rings. The van der Waals surface area contributed by atoms with Gasteiger partial charge in [-0.25, -0.2) is 0 Å². The van der Waals surface area contributed by atoms with Gasteiger partial charge in [-0.15, -0.1) is 24.8 Å². The van der Waals surface area contributed by atoms with Crippen molar-refractivity contribution in [3.05, 3.63) is 42.0 Å². The van der Waals surface area contributed by atoms with Crippen molar-refractivity contribution in [1.29, 1.82) is 0 Å². The minimum atomic E-state index is 0. The van der Waals surface area contributed by atoms with Crippen LogP contribution in [-0.2, 0) is 9.53 Å². The highest BCUT2D eigenvalue weighted by Gasteiger charge is 2.24. The molecule has 1 atom stereocenters. The number of ether oxygens (including phenoxy) is 1. The van der Waals surface area contributed by atoms with E-state index in [0.29, 0.717) is 13.0 Å². The highest BCUT2D eigenvalue weighted by Crippen LogP contribution is 2.08. The van der Waals surface area contributed by atoms with Gasteiger partial charge in [0, 0.05) is 51.7 Å². The fraction of sp³-hybridized carbons (Fsp3) is 0.526. The lowest BCUT2D eigenvalue weighted by molar-refractivity contribution is -0.134. The second-order valence-electron chi connectivity index (χ2n) is 6.42. The molecule has 1 aromatic carbocycles. The van der Waals surface area contributed by atoms with Gasteiger partial charge in [-0.3, -0.25) is 9.69 Å². The summed E-state index contributed by atoms with van der Waals surface area (Å²) in [5.74, 6) is 0.248. The van der Waals surface area contributed by atoms with Crippen molar-refractivity contribution in [1.82, 2.24) is 15.1 Å². The number of halogens is 2. The summed E-state index contributed by atoms with van der Waals surface area (Å²) in [5, 5.41) is 3.35. The molecule has 1 unspecified atom stereocenters. The van der Waals surface area contributed by atoms with Crippen molar-refractivity contribution >= 4 is 36.8 Å². The molecule has 2 aliphatic heterocycles. The van der Waals surface area contributed by atoms with Crippen LogP contribution in [0.15, 0.2) is 36.4 Å². The summed E-state index contributed by atoms with van der Waals surface area (Å²) >= 11 is 0. The van der Waals surface area contributed by atoms with Crippen LogP contribution in [-0.4, -0.2) is 74.2 Å². The van der Waals surface area contributed by atoms with Crippen LogP contribution in [0.5, 0.6) is 0 Å². The Morgan fingerprint density at radius 3 is 2.54 bits per heavy atom. The van der Waals surface area contributed by atoms with Crippen LogP contribution in [0.25, 0.3) is 6.08 Å². The summed E-state index contributed by atoms with van der Waals surface area (Å²) in [6.07, 6.45) is 4.91. The SMILES string of the molecule is Cl.Cl.O=C(CC1COCCN1)N1CCN(CC=Cc2ccccc2)CC1. The third-order valence-corrected chi connectivity index (χ3v) is 4.62. The third-order valence-electron chi connectivity index (χ3n) is 4.62. The molecule has 1 N–H and O–H groups in total. The van der Waals surface area contributed by atoms with E-state index in [1.807, 2.05) is 11.0 Å². The Balaban J connectivity index is 0.00000169. The molecule has 146 valence electrons. The Morgan fingerprint density at radius 1 is 1.15 bits per heavy atom. The van der Waals surface area contributed by atoms with E-state index >= 15 is 0 Å². The first-order valence-electron chi connectivity index (χ1n) is 8.84. The van der Waals surface area contributed by atoms with Crippen molar-refractivity contribution in [3.8, 4) is 0 Å². The van der Waals surface area contributed by atoms with Gasteiger partial charge in [0.2, 0.25) is 5.91 Å². The van der Waals surface area contributed by atoms with Crippen molar-refractivity contribution in [2.75, 3.05) is 52.5 Å². The standard InChI is InChI=1S/C19H27N3O2.2ClH/c23-19(15-18-16-24-14-8-20-18)22-12-10-21(11-13-22)9-4-7-17-5-2-1-3-6-17;;/h1-7,18,20H,8-16H2;2*1H. The molecule has 7 heteroatoms. The Labute approximate surface area is 168 Å². The van der Waals surface area contributed by atoms with Crippen LogP contribution in [0.2, 0.25) is 0 Å². The van der Waals surface area contributed by atoms with Crippen LogP contribution in [0.1, 0.15) is 12.0 Å². The molecule has 3 rings (SSSR count). The summed E-state index contributed by atoms with van der Waals surface area (Å²) in [6, 6.07) is 10.5. The van der Waals surface area contributed by atoms with Gasteiger partial charge in [-0.2, -0.15) is 0 Å². The van der Waals surface area contributed by atoms with Gasteiger partial charge in [-0.1, -0.05) is 42.5 Å². The van der Waals surface area contributed by atoms with Crippen molar-refractivity contribution in [3.63, 3.8) is 0 Å². The number of amides is 1. The normalized spacial score (nSPS) is 21.1. The Morgan fingerprint density at radius 2 is 1.88 bits per heavy atom. The number of carbonyl (C=O) groups excluding carboxylic acids is 1. The van der Waals surface area contributed by atoms with Crippen LogP contribution in [0.3, 0.4) is 0 Å². The highest BCUT2D eigenvalue weighted by molar-refractivity contribution is 5.85. The predicted molar refractivity (Wildman–Crippen MR) is 110 cm³/mol. The first-order chi connectivity index (χ1) is 11.8. The van der Waals surface area contributed by atoms with Gasteiger partial charge in [-0.05, 0) is 5.56 Å². The zero-order valence-electron chi connectivity index (χ0n) is 15.0. The van der Waals surface area contributed by atoms with Gasteiger partial charge in [0.25, 0.3) is 0 Å². The average molecular weight is 402 g/mol. The number of rotatable bonds is 5. The first-order valence-corrected chi connectivity index (χ1v) is 8.84. The largest absolute Gasteiger partial charge is 0.378 e. The number of nitrogens with one attached hydrogen (secondary N) is 1. The molecule has 0 aliphatic carbocycles. The van der Waals surface area contributed by atoms with E-state index in [0.717, 1.165) is 45.9 Å². The van der Waals surface area contributed by atoms with E-state index in [2.05, 4.69) is 46.6 Å². The van der Waals surface area contributed by atoms with Crippen molar-refractivity contribution in [2.24, 2.45) is 0 Å². The predicted octanol–water partition coefficient (Wildman–Crippen LogP) is 2.07. The van der Waals surface area contributed by atoms with Gasteiger partial charge < -0.3 is 15.0 Å². The van der Waals surface area contributed by atoms with Gasteiger partial charge in [0.15, 0.2) is 0 Å². The molecule has 0 saturated carbocycles. The second kappa shape index (κ2) is 12.3. The van der Waals surface area contributed by atoms with Crippen LogP contribution in [0, 0.1) is 0 Å². The van der Waals surface area contributed by atoms with Crippen molar-refractivity contribution in [2.45, 2.75) is 12.5 Å². The summed E-state index contributed by atoms with van der Waals surface area (Å²) in [6.45, 7) is 6.72. The number of carbonyl (C=O) groups is 1. The van der Waals surface area contributed by atoms with E-state index in [1.54, 1.807) is 0 Å². The fourth-order valence-electron chi connectivity index (χ4n) is 3.17. The summed E-state index contributed by atoms with van der Waals surface area (Å²) < 4.78 is 5.42. The minimum absolute atomic E-state index is 0.